The highest BCUT2D eigenvalue weighted by atomic mass is 32.1. The molecular formula is C24H30N4O2S. The first-order valence-corrected chi connectivity index (χ1v) is 11.8. The standard InChI is InChI=1S/C24H30N4O2S/c1-3-30-23-7-6-18(12-20(23)16-29)14-28-9-4-5-19(15-28)22-13-21(11-17(2)26-22)27-24-25-8-10-31-24/h6-8,10-13,19,29H,3-5,9,14-16H2,1-2H3,(H,25,26,27)/t19-/m0/s1. The van der Waals surface area contributed by atoms with Gasteiger partial charge in [-0.25, -0.2) is 4.98 Å². The number of piperidine rings is 1. The lowest BCUT2D eigenvalue weighted by Crippen LogP contribution is -2.34. The van der Waals surface area contributed by atoms with Crippen LogP contribution in [-0.4, -0.2) is 39.7 Å². The second-order valence-electron chi connectivity index (χ2n) is 7.99. The van der Waals surface area contributed by atoms with E-state index in [1.165, 1.54) is 5.56 Å². The van der Waals surface area contributed by atoms with Crippen molar-refractivity contribution in [2.45, 2.75) is 45.8 Å². The van der Waals surface area contributed by atoms with Crippen LogP contribution in [-0.2, 0) is 13.2 Å². The molecule has 0 bridgehead atoms. The number of rotatable bonds is 8. The molecule has 2 aromatic heterocycles. The van der Waals surface area contributed by atoms with Gasteiger partial charge in [0.15, 0.2) is 5.13 Å². The normalized spacial score (nSPS) is 16.9. The molecule has 0 radical (unpaired) electrons. The molecule has 0 spiro atoms. The van der Waals surface area contributed by atoms with Gasteiger partial charge < -0.3 is 15.2 Å². The van der Waals surface area contributed by atoms with Crippen LogP contribution in [0.15, 0.2) is 41.9 Å². The minimum atomic E-state index is -0.00607. The largest absolute Gasteiger partial charge is 0.494 e. The Hall–Kier alpha value is -2.48. The van der Waals surface area contributed by atoms with Gasteiger partial charge in [-0.1, -0.05) is 6.07 Å². The molecule has 1 saturated heterocycles. The van der Waals surface area contributed by atoms with E-state index < -0.39 is 0 Å². The quantitative estimate of drug-likeness (QED) is 0.523. The van der Waals surface area contributed by atoms with Gasteiger partial charge in [0.2, 0.25) is 0 Å². The molecule has 6 nitrogen and oxygen atoms in total. The fourth-order valence-electron chi connectivity index (χ4n) is 4.23. The number of aliphatic hydroxyl groups is 1. The summed E-state index contributed by atoms with van der Waals surface area (Å²) in [5.41, 5.74) is 5.27. The molecule has 1 aliphatic rings. The van der Waals surface area contributed by atoms with E-state index in [0.717, 1.165) is 66.0 Å². The molecule has 164 valence electrons. The van der Waals surface area contributed by atoms with Crippen molar-refractivity contribution in [3.05, 3.63) is 64.4 Å². The Kier molecular flexibility index (Phi) is 7.17. The van der Waals surface area contributed by atoms with Gasteiger partial charge in [0.1, 0.15) is 5.75 Å². The molecule has 4 rings (SSSR count). The van der Waals surface area contributed by atoms with Gasteiger partial charge >= 0.3 is 0 Å². The summed E-state index contributed by atoms with van der Waals surface area (Å²) in [5, 5.41) is 16.0. The average Bonchev–Trinajstić information content (AvgIpc) is 3.28. The fourth-order valence-corrected chi connectivity index (χ4v) is 4.78. The Morgan fingerprint density at radius 1 is 1.29 bits per heavy atom. The Balaban J connectivity index is 1.46. The van der Waals surface area contributed by atoms with E-state index in [4.69, 9.17) is 9.72 Å². The van der Waals surface area contributed by atoms with Crippen molar-refractivity contribution < 1.29 is 9.84 Å². The van der Waals surface area contributed by atoms with Gasteiger partial charge in [0.25, 0.3) is 0 Å². The Labute approximate surface area is 187 Å². The van der Waals surface area contributed by atoms with Crippen LogP contribution < -0.4 is 10.1 Å². The lowest BCUT2D eigenvalue weighted by atomic mass is 9.93. The second-order valence-corrected chi connectivity index (χ2v) is 8.89. The number of aromatic nitrogens is 2. The number of aliphatic hydroxyl groups excluding tert-OH is 1. The molecule has 0 unspecified atom stereocenters. The maximum atomic E-state index is 9.70. The van der Waals surface area contributed by atoms with Crippen molar-refractivity contribution in [2.75, 3.05) is 25.0 Å². The maximum absolute atomic E-state index is 9.70. The lowest BCUT2D eigenvalue weighted by molar-refractivity contribution is 0.198. The van der Waals surface area contributed by atoms with Gasteiger partial charge in [-0.3, -0.25) is 9.88 Å². The van der Waals surface area contributed by atoms with Crippen LogP contribution in [0.25, 0.3) is 0 Å². The fraction of sp³-hybridized carbons (Fsp3) is 0.417. The summed E-state index contributed by atoms with van der Waals surface area (Å²) >= 11 is 1.60. The third-order valence-electron chi connectivity index (χ3n) is 5.58. The molecule has 0 aliphatic carbocycles. The predicted octanol–water partition coefficient (Wildman–Crippen LogP) is 4.86. The molecule has 0 saturated carbocycles. The summed E-state index contributed by atoms with van der Waals surface area (Å²) in [4.78, 5) is 11.7. The number of hydrogen-bond donors (Lipinski definition) is 2. The molecule has 3 aromatic rings. The van der Waals surface area contributed by atoms with E-state index in [1.54, 1.807) is 11.3 Å². The van der Waals surface area contributed by atoms with Crippen LogP contribution in [0.4, 0.5) is 10.8 Å². The molecule has 1 aliphatic heterocycles. The Bertz CT molecular complexity index is 993. The summed E-state index contributed by atoms with van der Waals surface area (Å²) in [6, 6.07) is 10.4. The number of benzene rings is 1. The highest BCUT2D eigenvalue weighted by molar-refractivity contribution is 7.13. The lowest BCUT2D eigenvalue weighted by Gasteiger charge is -2.33. The number of likely N-dealkylation sites (tertiary alicyclic amines) is 1. The molecule has 2 N–H and O–H groups in total. The van der Waals surface area contributed by atoms with E-state index in [9.17, 15) is 5.11 Å². The smallest absolute Gasteiger partial charge is 0.187 e. The van der Waals surface area contributed by atoms with Crippen LogP contribution in [0.2, 0.25) is 0 Å². The van der Waals surface area contributed by atoms with Crippen molar-refractivity contribution >= 4 is 22.2 Å². The third kappa shape index (κ3) is 5.61. The number of nitrogens with zero attached hydrogens (tertiary/aromatic N) is 3. The molecule has 1 fully saturated rings. The highest BCUT2D eigenvalue weighted by Gasteiger charge is 2.23. The first kappa shape index (κ1) is 21.7. The predicted molar refractivity (Wildman–Crippen MR) is 125 cm³/mol. The zero-order chi connectivity index (χ0) is 21.6. The number of aryl methyl sites for hydroxylation is 1. The van der Waals surface area contributed by atoms with Crippen molar-refractivity contribution in [1.29, 1.82) is 0 Å². The van der Waals surface area contributed by atoms with Crippen LogP contribution in [0, 0.1) is 6.92 Å². The van der Waals surface area contributed by atoms with Crippen LogP contribution in [0.1, 0.15) is 48.2 Å². The minimum absolute atomic E-state index is 0.00607. The molecule has 0 amide bonds. The summed E-state index contributed by atoms with van der Waals surface area (Å²) in [5.74, 6) is 1.18. The van der Waals surface area contributed by atoms with Crippen LogP contribution in [0.5, 0.6) is 5.75 Å². The Morgan fingerprint density at radius 2 is 2.19 bits per heavy atom. The number of ether oxygens (including phenoxy) is 1. The second kappa shape index (κ2) is 10.2. The van der Waals surface area contributed by atoms with Gasteiger partial charge in [-0.05, 0) is 63.1 Å². The summed E-state index contributed by atoms with van der Waals surface area (Å²) in [7, 11) is 0. The molecule has 3 heterocycles. The third-order valence-corrected chi connectivity index (χ3v) is 6.27. The van der Waals surface area contributed by atoms with Crippen LogP contribution in [0.3, 0.4) is 0 Å². The molecule has 7 heteroatoms. The summed E-state index contributed by atoms with van der Waals surface area (Å²) < 4.78 is 5.62. The number of anilines is 2. The first-order valence-electron chi connectivity index (χ1n) is 10.9. The van der Waals surface area contributed by atoms with Crippen molar-refractivity contribution in [3.8, 4) is 5.75 Å². The number of pyridine rings is 1. The average molecular weight is 439 g/mol. The van der Waals surface area contributed by atoms with Crippen molar-refractivity contribution in [1.82, 2.24) is 14.9 Å². The summed E-state index contributed by atoms with van der Waals surface area (Å²) in [6.45, 7) is 7.53. The number of thiazole rings is 1. The van der Waals surface area contributed by atoms with Crippen LogP contribution >= 0.6 is 11.3 Å². The minimum Gasteiger partial charge on any atom is -0.494 e. The van der Waals surface area contributed by atoms with E-state index in [-0.39, 0.29) is 6.61 Å². The van der Waals surface area contributed by atoms with Gasteiger partial charge in [0, 0.05) is 53.2 Å². The highest BCUT2D eigenvalue weighted by Crippen LogP contribution is 2.30. The van der Waals surface area contributed by atoms with Gasteiger partial charge in [0.05, 0.1) is 13.2 Å². The molecule has 31 heavy (non-hydrogen) atoms. The molecular weight excluding hydrogens is 408 g/mol. The van der Waals surface area contributed by atoms with E-state index in [1.807, 2.05) is 31.5 Å². The molecule has 1 atom stereocenters. The zero-order valence-electron chi connectivity index (χ0n) is 18.2. The topological polar surface area (TPSA) is 70.5 Å². The number of nitrogens with one attached hydrogen (secondary N) is 1. The SMILES string of the molecule is CCOc1ccc(CN2CCC[C@H](c3cc(Nc4nccs4)cc(C)n3)C2)cc1CO. The number of hydrogen-bond acceptors (Lipinski definition) is 7. The van der Waals surface area contributed by atoms with Gasteiger partial charge in [-0.15, -0.1) is 11.3 Å². The maximum Gasteiger partial charge on any atom is 0.187 e. The van der Waals surface area contributed by atoms with E-state index in [2.05, 4.69) is 39.5 Å². The van der Waals surface area contributed by atoms with Crippen molar-refractivity contribution in [2.24, 2.45) is 0 Å². The van der Waals surface area contributed by atoms with E-state index in [0.29, 0.717) is 12.5 Å². The summed E-state index contributed by atoms with van der Waals surface area (Å²) in [6.07, 6.45) is 4.11. The van der Waals surface area contributed by atoms with E-state index >= 15 is 0 Å². The molecule has 1 aromatic carbocycles. The zero-order valence-corrected chi connectivity index (χ0v) is 19.0. The van der Waals surface area contributed by atoms with Gasteiger partial charge in [-0.2, -0.15) is 0 Å². The first-order chi connectivity index (χ1) is 15.1. The monoisotopic (exact) mass is 438 g/mol. The Morgan fingerprint density at radius 3 is 2.97 bits per heavy atom. The van der Waals surface area contributed by atoms with Crippen molar-refractivity contribution in [3.63, 3.8) is 0 Å².